The molecule has 0 saturated carbocycles. The van der Waals surface area contributed by atoms with E-state index in [2.05, 4.69) is 35.5 Å². The molecular weight excluding hydrogens is 422 g/mol. The zero-order valence-electron chi connectivity index (χ0n) is 16.8. The van der Waals surface area contributed by atoms with Crippen molar-refractivity contribution in [1.29, 1.82) is 0 Å². The van der Waals surface area contributed by atoms with Crippen LogP contribution in [0.4, 0.5) is 11.5 Å². The summed E-state index contributed by atoms with van der Waals surface area (Å²) < 4.78 is 7.14. The maximum absolute atomic E-state index is 12.8. The summed E-state index contributed by atoms with van der Waals surface area (Å²) in [4.78, 5) is 24.0. The number of nitrogen functional groups attached to an aromatic ring is 1. The van der Waals surface area contributed by atoms with Crippen molar-refractivity contribution in [3.8, 4) is 11.7 Å². The fourth-order valence-electron chi connectivity index (χ4n) is 3.30. The van der Waals surface area contributed by atoms with E-state index >= 15 is 0 Å². The minimum absolute atomic E-state index is 0.00721. The Balaban J connectivity index is 1.73. The molecule has 1 aromatic carbocycles. The zero-order valence-corrected chi connectivity index (χ0v) is 16.8. The van der Waals surface area contributed by atoms with Gasteiger partial charge in [0, 0.05) is 11.8 Å². The first kappa shape index (κ1) is 20.6. The van der Waals surface area contributed by atoms with E-state index in [1.54, 1.807) is 24.3 Å². The Bertz CT molecular complexity index is 1350. The number of carbonyl (C=O) groups is 2. The van der Waals surface area contributed by atoms with Crippen molar-refractivity contribution in [2.24, 2.45) is 10.2 Å². The van der Waals surface area contributed by atoms with Gasteiger partial charge in [-0.05, 0) is 22.7 Å². The fourth-order valence-corrected chi connectivity index (χ4v) is 3.30. The molecule has 14 heteroatoms. The highest BCUT2D eigenvalue weighted by atomic mass is 16.6. The van der Waals surface area contributed by atoms with E-state index in [-0.39, 0.29) is 23.0 Å². The maximum Gasteiger partial charge on any atom is 0.376 e. The van der Waals surface area contributed by atoms with Crippen molar-refractivity contribution >= 4 is 34.3 Å². The van der Waals surface area contributed by atoms with Crippen molar-refractivity contribution < 1.29 is 29.1 Å². The molecule has 32 heavy (non-hydrogen) atoms. The number of carbonyl (C=O) groups excluding carboxylic acids is 1. The second-order valence-electron chi connectivity index (χ2n) is 6.74. The Hall–Kier alpha value is -4.62. The highest BCUT2D eigenvalue weighted by molar-refractivity contribution is 5.97. The summed E-state index contributed by atoms with van der Waals surface area (Å²) in [6.45, 7) is 1.43. The maximum atomic E-state index is 12.8. The lowest BCUT2D eigenvalue weighted by atomic mass is 10.2. The monoisotopic (exact) mass is 440 g/mol. The van der Waals surface area contributed by atoms with E-state index in [0.29, 0.717) is 29.4 Å². The zero-order chi connectivity index (χ0) is 22.8. The number of nitrogens with two attached hydrogens (primary N) is 1. The molecule has 5 N–H and O–H groups in total. The molecule has 3 heterocycles. The summed E-state index contributed by atoms with van der Waals surface area (Å²) >= 11 is 0. The summed E-state index contributed by atoms with van der Waals surface area (Å²) in [5.74, 6) is -2.20. The average molecular weight is 440 g/mol. The number of benzene rings is 1. The number of fused-ring (bicyclic) bond motifs is 1. The van der Waals surface area contributed by atoms with Gasteiger partial charge in [-0.3, -0.25) is 14.2 Å². The molecule has 0 atom stereocenters. The average Bonchev–Trinajstić information content (AvgIpc) is 3.44. The summed E-state index contributed by atoms with van der Waals surface area (Å²) in [5.41, 5.74) is 6.56. The van der Waals surface area contributed by atoms with Crippen LogP contribution in [-0.2, 0) is 17.8 Å². The Morgan fingerprint density at radius 1 is 1.31 bits per heavy atom. The molecule has 1 amide bonds. The normalized spacial score (nSPS) is 11.5. The highest BCUT2D eigenvalue weighted by Gasteiger charge is 2.30. The summed E-state index contributed by atoms with van der Waals surface area (Å²) in [6, 6.07) is 6.65. The van der Waals surface area contributed by atoms with Crippen LogP contribution in [0.2, 0.25) is 0 Å². The van der Waals surface area contributed by atoms with Crippen LogP contribution in [-0.4, -0.2) is 47.3 Å². The number of aromatic amines is 1. The van der Waals surface area contributed by atoms with Crippen LogP contribution in [0.15, 0.2) is 39.1 Å². The molecule has 14 nitrogen and oxygen atoms in total. The van der Waals surface area contributed by atoms with Crippen molar-refractivity contribution in [2.45, 2.75) is 26.3 Å². The van der Waals surface area contributed by atoms with Crippen LogP contribution in [0.1, 0.15) is 29.5 Å². The van der Waals surface area contributed by atoms with Gasteiger partial charge in [0.25, 0.3) is 11.5 Å². The van der Waals surface area contributed by atoms with Gasteiger partial charge in [-0.15, -0.1) is 20.1 Å². The third-order valence-corrected chi connectivity index (χ3v) is 4.65. The van der Waals surface area contributed by atoms with Gasteiger partial charge in [-0.2, -0.15) is 4.63 Å². The predicted molar refractivity (Wildman–Crippen MR) is 106 cm³/mol. The SMILES string of the molecule is CCCc1c(C(=O)N=Nc2c(O)n(CC(=O)O)c3ccccc23)n[nH][n+]1-c1nonc1N. The molecule has 0 aliphatic rings. The largest absolute Gasteiger partial charge is 0.493 e. The van der Waals surface area contributed by atoms with Gasteiger partial charge in [0.15, 0.2) is 11.4 Å². The number of amides is 1. The number of rotatable bonds is 7. The van der Waals surface area contributed by atoms with Gasteiger partial charge in [-0.25, -0.2) is 0 Å². The molecular formula is C18H18N9O5+. The number of anilines is 1. The van der Waals surface area contributed by atoms with Crippen LogP contribution in [0.25, 0.3) is 16.7 Å². The Morgan fingerprint density at radius 2 is 2.09 bits per heavy atom. The molecule has 0 radical (unpaired) electrons. The minimum Gasteiger partial charge on any atom is -0.493 e. The van der Waals surface area contributed by atoms with Crippen LogP contribution < -0.4 is 10.4 Å². The van der Waals surface area contributed by atoms with Crippen molar-refractivity contribution in [1.82, 2.24) is 25.2 Å². The number of H-pyrrole nitrogens is 1. The molecule has 164 valence electrons. The Kier molecular flexibility index (Phi) is 5.32. The molecule has 3 aromatic heterocycles. The number of hydrogen-bond donors (Lipinski definition) is 4. The number of nitrogens with zero attached hydrogens (tertiary/aromatic N) is 7. The predicted octanol–water partition coefficient (Wildman–Crippen LogP) is 1.27. The van der Waals surface area contributed by atoms with Crippen molar-refractivity contribution in [3.63, 3.8) is 0 Å². The Labute approximate surface area is 178 Å². The number of aliphatic carboxylic acids is 1. The van der Waals surface area contributed by atoms with Gasteiger partial charge in [0.05, 0.1) is 5.52 Å². The van der Waals surface area contributed by atoms with Crippen LogP contribution in [0, 0.1) is 0 Å². The third-order valence-electron chi connectivity index (χ3n) is 4.65. The number of carboxylic acids is 1. The molecule has 0 fully saturated rings. The fraction of sp³-hybridized carbons (Fsp3) is 0.222. The first-order valence-corrected chi connectivity index (χ1v) is 9.48. The lowest BCUT2D eigenvalue weighted by Gasteiger charge is -2.02. The van der Waals surface area contributed by atoms with Crippen LogP contribution >= 0.6 is 0 Å². The van der Waals surface area contributed by atoms with Crippen LogP contribution in [0.5, 0.6) is 5.88 Å². The molecule has 0 bridgehead atoms. The molecule has 0 aliphatic heterocycles. The minimum atomic E-state index is -1.15. The quantitative estimate of drug-likeness (QED) is 0.241. The Morgan fingerprint density at radius 3 is 2.78 bits per heavy atom. The lowest BCUT2D eigenvalue weighted by Crippen LogP contribution is -2.38. The van der Waals surface area contributed by atoms with E-state index in [4.69, 9.17) is 10.8 Å². The second kappa shape index (κ2) is 8.25. The van der Waals surface area contributed by atoms with Crippen molar-refractivity contribution in [3.05, 3.63) is 35.7 Å². The topological polar surface area (TPSA) is 202 Å². The summed E-state index contributed by atoms with van der Waals surface area (Å²) in [5, 5.41) is 41.5. The number of nitrogens with one attached hydrogen (secondary N) is 1. The van der Waals surface area contributed by atoms with Gasteiger partial charge in [0.1, 0.15) is 11.7 Å². The van der Waals surface area contributed by atoms with E-state index in [1.165, 1.54) is 9.25 Å². The molecule has 0 unspecified atom stereocenters. The molecule has 0 spiro atoms. The third kappa shape index (κ3) is 3.53. The first-order valence-electron chi connectivity index (χ1n) is 9.48. The highest BCUT2D eigenvalue weighted by Crippen LogP contribution is 2.38. The smallest absolute Gasteiger partial charge is 0.376 e. The van der Waals surface area contributed by atoms with E-state index in [0.717, 1.165) is 0 Å². The molecule has 0 aliphatic carbocycles. The second-order valence-corrected chi connectivity index (χ2v) is 6.74. The standard InChI is InChI=1S/C18H17N9O5/c1-2-5-11-14(21-25-27(11)16-15(19)23-32-24-16)17(30)22-20-13-9-6-3-4-7-10(9)26(18(13)31)8-12(28)29/h3-4,6-7H,2,5,8H2,1H3,(H4,19,22,23,28,29,30,31)/p+1. The number of carboxylic acid groups (broad SMARTS) is 1. The van der Waals surface area contributed by atoms with Gasteiger partial charge < -0.3 is 15.9 Å². The van der Waals surface area contributed by atoms with Crippen LogP contribution in [0.3, 0.4) is 0 Å². The number of hydrogen-bond acceptors (Lipinski definition) is 9. The van der Waals surface area contributed by atoms with Crippen molar-refractivity contribution in [2.75, 3.05) is 5.73 Å². The summed E-state index contributed by atoms with van der Waals surface area (Å²) in [6.07, 6.45) is 1.11. The van der Waals surface area contributed by atoms with E-state index in [9.17, 15) is 14.7 Å². The number of azo groups is 1. The lowest BCUT2D eigenvalue weighted by molar-refractivity contribution is -0.670. The van der Waals surface area contributed by atoms with Gasteiger partial charge in [-0.1, -0.05) is 25.1 Å². The number of para-hydroxylation sites is 1. The number of aromatic nitrogens is 6. The van der Waals surface area contributed by atoms with E-state index < -0.39 is 24.3 Å². The first-order chi connectivity index (χ1) is 15.4. The van der Waals surface area contributed by atoms with Gasteiger partial charge >= 0.3 is 17.7 Å². The molecule has 4 rings (SSSR count). The number of aromatic hydroxyl groups is 1. The van der Waals surface area contributed by atoms with E-state index in [1.807, 2.05) is 6.92 Å². The molecule has 0 saturated heterocycles. The van der Waals surface area contributed by atoms with Gasteiger partial charge in [0.2, 0.25) is 5.88 Å². The molecule has 4 aromatic rings. The summed E-state index contributed by atoms with van der Waals surface area (Å²) in [7, 11) is 0.